The second kappa shape index (κ2) is 17.3. The SMILES string of the molecule is CCC(NC(=O)C1(C(=O)Nc2ccc(F)cc2)CC1)c1ccc(Oc2ccnc3cc(OCCCN4CCOCC4CC(C)(O)CC)c(OC)cc23)c(F)c1. The highest BCUT2D eigenvalue weighted by Crippen LogP contribution is 2.47. The van der Waals surface area contributed by atoms with E-state index in [0.717, 1.165) is 19.5 Å². The lowest BCUT2D eigenvalue weighted by Gasteiger charge is -2.39. The smallest absolute Gasteiger partial charge is 0.240 e. The number of rotatable bonds is 17. The van der Waals surface area contributed by atoms with E-state index in [2.05, 4.69) is 20.5 Å². The molecule has 1 aliphatic carbocycles. The van der Waals surface area contributed by atoms with Gasteiger partial charge in [0.2, 0.25) is 11.8 Å². The first-order valence-corrected chi connectivity index (χ1v) is 18.9. The number of aromatic nitrogens is 1. The summed E-state index contributed by atoms with van der Waals surface area (Å²) in [5.41, 5.74) is -0.477. The van der Waals surface area contributed by atoms with E-state index in [4.69, 9.17) is 18.9 Å². The standard InChI is InChI=1S/C42H50F2N4O7/c1-5-33(47-40(50)42(15-16-42)39(49)46-29-11-9-28(43)10-12-29)27-8-13-36(32(44)22-27)55-35-14-17-45-34-24-38(37(52-4)23-31(34)35)54-20-7-18-48-19-21-53-26-30(48)25-41(3,51)6-2/h8-14,17,22-24,30,33,51H,5-7,15-16,18-21,25-26H2,1-4H3,(H,46,49)(H,47,50). The van der Waals surface area contributed by atoms with Gasteiger partial charge in [0.1, 0.15) is 17.0 Å². The minimum atomic E-state index is -1.23. The Morgan fingerprint density at radius 2 is 1.82 bits per heavy atom. The molecule has 6 rings (SSSR count). The maximum absolute atomic E-state index is 15.6. The fraction of sp³-hybridized carbons (Fsp3) is 0.452. The van der Waals surface area contributed by atoms with Gasteiger partial charge in [-0.3, -0.25) is 19.5 Å². The number of morpholine rings is 1. The fourth-order valence-electron chi connectivity index (χ4n) is 6.88. The molecule has 2 fully saturated rings. The van der Waals surface area contributed by atoms with Gasteiger partial charge in [-0.2, -0.15) is 0 Å². The van der Waals surface area contributed by atoms with Crippen molar-refractivity contribution >= 4 is 28.4 Å². The lowest BCUT2D eigenvalue weighted by atomic mass is 9.93. The number of methoxy groups -OCH3 is 1. The van der Waals surface area contributed by atoms with Gasteiger partial charge < -0.3 is 34.7 Å². The van der Waals surface area contributed by atoms with Crippen molar-refractivity contribution in [1.29, 1.82) is 0 Å². The summed E-state index contributed by atoms with van der Waals surface area (Å²) in [7, 11) is 1.55. The summed E-state index contributed by atoms with van der Waals surface area (Å²) in [4.78, 5) is 33.3. The maximum atomic E-state index is 15.6. The largest absolute Gasteiger partial charge is 0.493 e. The topological polar surface area (TPSA) is 131 Å². The predicted molar refractivity (Wildman–Crippen MR) is 204 cm³/mol. The van der Waals surface area contributed by atoms with E-state index in [1.807, 2.05) is 20.8 Å². The molecule has 0 bridgehead atoms. The highest BCUT2D eigenvalue weighted by atomic mass is 19.1. The summed E-state index contributed by atoms with van der Waals surface area (Å²) in [5.74, 6) is -0.607. The number of amides is 2. The van der Waals surface area contributed by atoms with Crippen molar-refractivity contribution in [3.05, 3.63) is 84.1 Å². The molecule has 0 radical (unpaired) electrons. The minimum absolute atomic E-state index is 0.0177. The molecule has 3 N–H and O–H groups in total. The number of ether oxygens (including phenoxy) is 4. The first kappa shape index (κ1) is 39.8. The van der Waals surface area contributed by atoms with Gasteiger partial charge in [0.05, 0.1) is 44.1 Å². The third kappa shape index (κ3) is 9.52. The third-order valence-corrected chi connectivity index (χ3v) is 10.6. The van der Waals surface area contributed by atoms with Gasteiger partial charge in [-0.15, -0.1) is 0 Å². The molecule has 2 aliphatic rings. The molecule has 1 saturated carbocycles. The van der Waals surface area contributed by atoms with Crippen LogP contribution in [0.15, 0.2) is 66.9 Å². The molecule has 1 aliphatic heterocycles. The van der Waals surface area contributed by atoms with E-state index >= 15 is 4.39 Å². The number of nitrogens with one attached hydrogen (secondary N) is 2. The van der Waals surface area contributed by atoms with Crippen LogP contribution in [0.25, 0.3) is 10.9 Å². The number of aliphatic hydroxyl groups is 1. The molecule has 4 aromatic rings. The molecule has 2 heterocycles. The summed E-state index contributed by atoms with van der Waals surface area (Å²) in [5, 5.41) is 16.9. The lowest BCUT2D eigenvalue weighted by Crippen LogP contribution is -2.49. The van der Waals surface area contributed by atoms with E-state index in [1.165, 1.54) is 36.4 Å². The summed E-state index contributed by atoms with van der Waals surface area (Å²) in [6.45, 7) is 9.01. The zero-order chi connectivity index (χ0) is 39.2. The first-order valence-electron chi connectivity index (χ1n) is 18.9. The summed E-state index contributed by atoms with van der Waals surface area (Å²) in [6, 6.07) is 14.6. The van der Waals surface area contributed by atoms with E-state index in [1.54, 1.807) is 37.6 Å². The van der Waals surface area contributed by atoms with Gasteiger partial charge in [-0.1, -0.05) is 19.9 Å². The number of nitrogens with zero attached hydrogens (tertiary/aromatic N) is 2. The number of carbonyl (C=O) groups is 2. The molecule has 11 nitrogen and oxygen atoms in total. The quantitative estimate of drug-likeness (QED) is 0.0749. The van der Waals surface area contributed by atoms with Crippen molar-refractivity contribution in [3.8, 4) is 23.0 Å². The molecular weight excluding hydrogens is 710 g/mol. The Morgan fingerprint density at radius 1 is 1.04 bits per heavy atom. The van der Waals surface area contributed by atoms with Crippen LogP contribution in [0.4, 0.5) is 14.5 Å². The van der Waals surface area contributed by atoms with Crippen molar-refractivity contribution in [3.63, 3.8) is 0 Å². The molecule has 294 valence electrons. The Labute approximate surface area is 320 Å². The summed E-state index contributed by atoms with van der Waals surface area (Å²) in [6.07, 6.45) is 4.87. The van der Waals surface area contributed by atoms with Crippen LogP contribution in [-0.4, -0.2) is 78.5 Å². The van der Waals surface area contributed by atoms with Gasteiger partial charge in [-0.05, 0) is 99.5 Å². The first-order chi connectivity index (χ1) is 26.4. The van der Waals surface area contributed by atoms with Crippen LogP contribution < -0.4 is 24.8 Å². The zero-order valence-electron chi connectivity index (χ0n) is 31.8. The van der Waals surface area contributed by atoms with Gasteiger partial charge >= 0.3 is 0 Å². The van der Waals surface area contributed by atoms with Crippen LogP contribution in [-0.2, 0) is 14.3 Å². The molecule has 0 spiro atoms. The number of anilines is 1. The molecule has 3 aromatic carbocycles. The Balaban J connectivity index is 1.08. The van der Waals surface area contributed by atoms with E-state index < -0.39 is 40.5 Å². The second-order valence-corrected chi connectivity index (χ2v) is 14.6. The van der Waals surface area contributed by atoms with Crippen LogP contribution in [0, 0.1) is 17.0 Å². The molecular formula is C42H50F2N4O7. The van der Waals surface area contributed by atoms with Crippen LogP contribution in [0.1, 0.15) is 70.9 Å². The number of pyridine rings is 1. The maximum Gasteiger partial charge on any atom is 0.240 e. The summed E-state index contributed by atoms with van der Waals surface area (Å²) >= 11 is 0. The highest BCUT2D eigenvalue weighted by Gasteiger charge is 2.56. The monoisotopic (exact) mass is 760 g/mol. The molecule has 3 atom stereocenters. The van der Waals surface area contributed by atoms with Gasteiger partial charge in [-0.25, -0.2) is 8.78 Å². The third-order valence-electron chi connectivity index (χ3n) is 10.6. The van der Waals surface area contributed by atoms with Crippen LogP contribution in [0.3, 0.4) is 0 Å². The molecule has 3 unspecified atom stereocenters. The van der Waals surface area contributed by atoms with Crippen molar-refractivity contribution in [1.82, 2.24) is 15.2 Å². The summed E-state index contributed by atoms with van der Waals surface area (Å²) < 4.78 is 52.6. The molecule has 1 aromatic heterocycles. The second-order valence-electron chi connectivity index (χ2n) is 14.6. The Kier molecular flexibility index (Phi) is 12.5. The highest BCUT2D eigenvalue weighted by molar-refractivity contribution is 6.13. The number of hydrogen-bond donors (Lipinski definition) is 3. The lowest BCUT2D eigenvalue weighted by molar-refractivity contribution is -0.135. The molecule has 2 amide bonds. The Morgan fingerprint density at radius 3 is 2.51 bits per heavy atom. The van der Waals surface area contributed by atoms with Crippen molar-refractivity contribution in [2.24, 2.45) is 5.41 Å². The number of benzene rings is 3. The number of halogens is 2. The van der Waals surface area contributed by atoms with E-state index in [0.29, 0.717) is 91.3 Å². The number of carbonyl (C=O) groups excluding carboxylic acids is 2. The van der Waals surface area contributed by atoms with Crippen LogP contribution in [0.2, 0.25) is 0 Å². The number of hydrogen-bond acceptors (Lipinski definition) is 9. The molecule has 13 heteroatoms. The van der Waals surface area contributed by atoms with Gasteiger partial charge in [0, 0.05) is 42.5 Å². The molecule has 55 heavy (non-hydrogen) atoms. The van der Waals surface area contributed by atoms with Crippen LogP contribution >= 0.6 is 0 Å². The van der Waals surface area contributed by atoms with Crippen LogP contribution in [0.5, 0.6) is 23.0 Å². The van der Waals surface area contributed by atoms with E-state index in [9.17, 15) is 19.1 Å². The number of fused-ring (bicyclic) bond motifs is 1. The Hall–Kier alpha value is -4.85. The predicted octanol–water partition coefficient (Wildman–Crippen LogP) is 7.32. The average Bonchev–Trinajstić information content (AvgIpc) is 4.00. The van der Waals surface area contributed by atoms with Gasteiger partial charge in [0.25, 0.3) is 0 Å². The average molecular weight is 761 g/mol. The molecule has 1 saturated heterocycles. The van der Waals surface area contributed by atoms with Crippen molar-refractivity contribution < 1.29 is 42.4 Å². The Bertz CT molecular complexity index is 1970. The van der Waals surface area contributed by atoms with Gasteiger partial charge in [0.15, 0.2) is 23.1 Å². The fourth-order valence-corrected chi connectivity index (χ4v) is 6.88. The normalized spacial score (nSPS) is 18.2. The van der Waals surface area contributed by atoms with E-state index in [-0.39, 0.29) is 11.8 Å². The van der Waals surface area contributed by atoms with Crippen molar-refractivity contribution in [2.45, 2.75) is 77.0 Å². The minimum Gasteiger partial charge on any atom is -0.493 e. The van der Waals surface area contributed by atoms with Crippen molar-refractivity contribution in [2.75, 3.05) is 45.3 Å². The zero-order valence-corrected chi connectivity index (χ0v) is 31.8.